The van der Waals surface area contributed by atoms with E-state index in [0.29, 0.717) is 5.89 Å². The van der Waals surface area contributed by atoms with E-state index in [-0.39, 0.29) is 6.61 Å². The minimum Gasteiger partial charge on any atom is -0.442 e. The number of aryl methyl sites for hydroxylation is 2. The molecule has 0 N–H and O–H groups in total. The Bertz CT molecular complexity index is 842. The van der Waals surface area contributed by atoms with Crippen molar-refractivity contribution in [3.05, 3.63) is 77.0 Å². The molecule has 114 valence electrons. The van der Waals surface area contributed by atoms with Gasteiger partial charge in [0, 0.05) is 11.1 Å². The van der Waals surface area contributed by atoms with Gasteiger partial charge in [-0.3, -0.25) is 0 Å². The van der Waals surface area contributed by atoms with Crippen LogP contribution in [0.3, 0.4) is 0 Å². The molecule has 23 heavy (non-hydrogen) atoms. The third-order valence-electron chi connectivity index (χ3n) is 4.07. The van der Waals surface area contributed by atoms with Gasteiger partial charge in [0.15, 0.2) is 6.61 Å². The van der Waals surface area contributed by atoms with Gasteiger partial charge in [-0.15, -0.1) is 0 Å². The van der Waals surface area contributed by atoms with E-state index in [1.165, 1.54) is 11.1 Å². The molecule has 0 saturated carbocycles. The van der Waals surface area contributed by atoms with Gasteiger partial charge < -0.3 is 9.25 Å². The molecule has 0 atom stereocenters. The molecule has 1 aliphatic rings. The first-order valence-electron chi connectivity index (χ1n) is 7.56. The number of oxazole rings is 1. The number of hydrogen-bond acceptors (Lipinski definition) is 4. The standard InChI is InChI=1S/C19H16N2O2/c1-12-13(2)23-18(20-12)11-22-21-19-16-9-5-3-7-14(16)15-8-4-6-10-17(15)19/h3-10H,11H2,1-2H3. The monoisotopic (exact) mass is 304 g/mol. The molecule has 0 unspecified atom stereocenters. The lowest BCUT2D eigenvalue weighted by molar-refractivity contribution is 0.110. The van der Waals surface area contributed by atoms with Crippen molar-refractivity contribution in [2.45, 2.75) is 20.5 Å². The van der Waals surface area contributed by atoms with Gasteiger partial charge in [0.2, 0.25) is 5.89 Å². The molecule has 3 aromatic rings. The molecule has 1 aliphatic carbocycles. The first kappa shape index (κ1) is 13.8. The molecule has 0 amide bonds. The van der Waals surface area contributed by atoms with Crippen LogP contribution in [0.5, 0.6) is 0 Å². The predicted octanol–water partition coefficient (Wildman–Crippen LogP) is 4.24. The number of fused-ring (bicyclic) bond motifs is 3. The zero-order valence-corrected chi connectivity index (χ0v) is 13.0. The molecule has 1 aromatic heterocycles. The largest absolute Gasteiger partial charge is 0.442 e. The summed E-state index contributed by atoms with van der Waals surface area (Å²) in [6.45, 7) is 4.03. The molecule has 4 heteroatoms. The number of aromatic nitrogens is 1. The van der Waals surface area contributed by atoms with Crippen molar-refractivity contribution in [2.75, 3.05) is 0 Å². The van der Waals surface area contributed by atoms with E-state index in [1.807, 2.05) is 38.1 Å². The second kappa shape index (κ2) is 5.39. The molecule has 0 fully saturated rings. The Hall–Kier alpha value is -2.88. The van der Waals surface area contributed by atoms with E-state index in [4.69, 9.17) is 9.25 Å². The van der Waals surface area contributed by atoms with Crippen LogP contribution < -0.4 is 0 Å². The van der Waals surface area contributed by atoms with E-state index < -0.39 is 0 Å². The molecule has 0 saturated heterocycles. The Kier molecular flexibility index (Phi) is 3.23. The fourth-order valence-corrected chi connectivity index (χ4v) is 2.85. The van der Waals surface area contributed by atoms with Crippen molar-refractivity contribution in [1.82, 2.24) is 4.98 Å². The Morgan fingerprint density at radius 2 is 1.48 bits per heavy atom. The lowest BCUT2D eigenvalue weighted by Gasteiger charge is -2.01. The molecule has 2 aromatic carbocycles. The van der Waals surface area contributed by atoms with Gasteiger partial charge in [0.05, 0.1) is 5.69 Å². The summed E-state index contributed by atoms with van der Waals surface area (Å²) in [5, 5.41) is 4.36. The van der Waals surface area contributed by atoms with Crippen molar-refractivity contribution in [3.8, 4) is 11.1 Å². The number of rotatable bonds is 3. The van der Waals surface area contributed by atoms with Gasteiger partial charge in [0.25, 0.3) is 0 Å². The zero-order chi connectivity index (χ0) is 15.8. The maximum absolute atomic E-state index is 5.52. The molecule has 1 heterocycles. The quantitative estimate of drug-likeness (QED) is 0.532. The summed E-state index contributed by atoms with van der Waals surface area (Å²) < 4.78 is 5.51. The summed E-state index contributed by atoms with van der Waals surface area (Å²) in [4.78, 5) is 9.82. The van der Waals surface area contributed by atoms with Crippen LogP contribution in [0.4, 0.5) is 0 Å². The topological polar surface area (TPSA) is 47.6 Å². The molecular formula is C19H16N2O2. The highest BCUT2D eigenvalue weighted by atomic mass is 16.6. The van der Waals surface area contributed by atoms with Crippen LogP contribution in [0.2, 0.25) is 0 Å². The highest BCUT2D eigenvalue weighted by Gasteiger charge is 2.24. The van der Waals surface area contributed by atoms with Crippen LogP contribution in [0.25, 0.3) is 11.1 Å². The van der Waals surface area contributed by atoms with Gasteiger partial charge in [0.1, 0.15) is 11.5 Å². The lowest BCUT2D eigenvalue weighted by atomic mass is 10.1. The SMILES string of the molecule is Cc1nc(CON=C2c3ccccc3-c3ccccc32)oc1C. The predicted molar refractivity (Wildman–Crippen MR) is 88.3 cm³/mol. The van der Waals surface area contributed by atoms with E-state index >= 15 is 0 Å². The first-order chi connectivity index (χ1) is 11.2. The highest BCUT2D eigenvalue weighted by Crippen LogP contribution is 2.36. The van der Waals surface area contributed by atoms with Crippen molar-refractivity contribution in [3.63, 3.8) is 0 Å². The van der Waals surface area contributed by atoms with Crippen LogP contribution in [0.15, 0.2) is 58.1 Å². The van der Waals surface area contributed by atoms with Crippen molar-refractivity contribution in [2.24, 2.45) is 5.16 Å². The Morgan fingerprint density at radius 3 is 2.00 bits per heavy atom. The molecule has 0 radical (unpaired) electrons. The van der Waals surface area contributed by atoms with Crippen LogP contribution in [-0.4, -0.2) is 10.7 Å². The number of oxime groups is 1. The summed E-state index contributed by atoms with van der Waals surface area (Å²) in [7, 11) is 0. The van der Waals surface area contributed by atoms with Crippen molar-refractivity contribution < 1.29 is 9.25 Å². The summed E-state index contributed by atoms with van der Waals surface area (Å²) in [5.74, 6) is 1.36. The highest BCUT2D eigenvalue weighted by molar-refractivity contribution is 6.24. The number of nitrogens with zero attached hydrogens (tertiary/aromatic N) is 2. The van der Waals surface area contributed by atoms with E-state index in [0.717, 1.165) is 28.3 Å². The third kappa shape index (κ3) is 2.32. The third-order valence-corrected chi connectivity index (χ3v) is 4.07. The molecular weight excluding hydrogens is 288 g/mol. The van der Waals surface area contributed by atoms with Crippen molar-refractivity contribution >= 4 is 5.71 Å². The van der Waals surface area contributed by atoms with Crippen LogP contribution in [0.1, 0.15) is 28.5 Å². The van der Waals surface area contributed by atoms with Gasteiger partial charge in [-0.2, -0.15) is 0 Å². The van der Waals surface area contributed by atoms with E-state index in [9.17, 15) is 0 Å². The summed E-state index contributed by atoms with van der Waals surface area (Å²) >= 11 is 0. The molecule has 0 spiro atoms. The van der Waals surface area contributed by atoms with Crippen LogP contribution >= 0.6 is 0 Å². The Balaban J connectivity index is 1.65. The van der Waals surface area contributed by atoms with E-state index in [2.05, 4.69) is 34.4 Å². The molecule has 4 nitrogen and oxygen atoms in total. The van der Waals surface area contributed by atoms with E-state index in [1.54, 1.807) is 0 Å². The minimum atomic E-state index is 0.225. The molecule has 4 rings (SSSR count). The van der Waals surface area contributed by atoms with Gasteiger partial charge in [-0.25, -0.2) is 4.98 Å². The maximum atomic E-state index is 5.52. The number of hydrogen-bond donors (Lipinski definition) is 0. The minimum absolute atomic E-state index is 0.225. The average molecular weight is 304 g/mol. The maximum Gasteiger partial charge on any atom is 0.235 e. The first-order valence-corrected chi connectivity index (χ1v) is 7.56. The Morgan fingerprint density at radius 1 is 0.913 bits per heavy atom. The fourth-order valence-electron chi connectivity index (χ4n) is 2.85. The van der Waals surface area contributed by atoms with Crippen LogP contribution in [0, 0.1) is 13.8 Å². The zero-order valence-electron chi connectivity index (χ0n) is 13.0. The van der Waals surface area contributed by atoms with Crippen molar-refractivity contribution in [1.29, 1.82) is 0 Å². The number of benzene rings is 2. The second-order valence-electron chi connectivity index (χ2n) is 5.55. The molecule has 0 bridgehead atoms. The van der Waals surface area contributed by atoms with Crippen LogP contribution in [-0.2, 0) is 11.4 Å². The summed E-state index contributed by atoms with van der Waals surface area (Å²) in [5.41, 5.74) is 6.30. The second-order valence-corrected chi connectivity index (χ2v) is 5.55. The molecule has 0 aliphatic heterocycles. The van der Waals surface area contributed by atoms with Gasteiger partial charge in [-0.1, -0.05) is 53.7 Å². The van der Waals surface area contributed by atoms with Gasteiger partial charge in [-0.05, 0) is 25.0 Å². The summed E-state index contributed by atoms with van der Waals surface area (Å²) in [6, 6.07) is 16.5. The summed E-state index contributed by atoms with van der Waals surface area (Å²) in [6.07, 6.45) is 0. The smallest absolute Gasteiger partial charge is 0.235 e. The fraction of sp³-hybridized carbons (Fsp3) is 0.158. The Labute approximate surface area is 134 Å². The normalized spacial score (nSPS) is 12.0. The average Bonchev–Trinajstić information content (AvgIpc) is 3.06. The van der Waals surface area contributed by atoms with Gasteiger partial charge >= 0.3 is 0 Å². The lowest BCUT2D eigenvalue weighted by Crippen LogP contribution is -2.00.